The highest BCUT2D eigenvalue weighted by atomic mass is 16.4. The van der Waals surface area contributed by atoms with Gasteiger partial charge in [0.15, 0.2) is 0 Å². The number of amides is 1. The van der Waals surface area contributed by atoms with Crippen molar-refractivity contribution in [3.8, 4) is 0 Å². The number of carbonyl (C=O) groups is 2. The fourth-order valence-electron chi connectivity index (χ4n) is 2.07. The van der Waals surface area contributed by atoms with E-state index in [1.54, 1.807) is 19.0 Å². The summed E-state index contributed by atoms with van der Waals surface area (Å²) in [4.78, 5) is 25.6. The number of carboxylic acids is 1. The predicted molar refractivity (Wildman–Crippen MR) is 60.2 cm³/mol. The minimum atomic E-state index is -0.863. The van der Waals surface area contributed by atoms with Crippen molar-refractivity contribution in [2.45, 2.75) is 31.7 Å². The van der Waals surface area contributed by atoms with Gasteiger partial charge in [0.25, 0.3) is 0 Å². The first-order chi connectivity index (χ1) is 7.50. The van der Waals surface area contributed by atoms with Gasteiger partial charge in [-0.1, -0.05) is 12.8 Å². The SMILES string of the molecule is CN(C)C(=O)CN(CC(=O)O)C1CCCC1. The molecule has 1 N–H and O–H groups in total. The third kappa shape index (κ3) is 3.81. The molecule has 16 heavy (non-hydrogen) atoms. The molecule has 1 aliphatic carbocycles. The van der Waals surface area contributed by atoms with Crippen molar-refractivity contribution >= 4 is 11.9 Å². The lowest BCUT2D eigenvalue weighted by atomic mass is 10.2. The molecule has 1 aliphatic rings. The molecule has 0 heterocycles. The van der Waals surface area contributed by atoms with E-state index in [4.69, 9.17) is 5.11 Å². The van der Waals surface area contributed by atoms with E-state index in [2.05, 4.69) is 0 Å². The van der Waals surface area contributed by atoms with E-state index < -0.39 is 5.97 Å². The maximum Gasteiger partial charge on any atom is 0.317 e. The number of carbonyl (C=O) groups excluding carboxylic acids is 1. The molecule has 1 rings (SSSR count). The zero-order valence-electron chi connectivity index (χ0n) is 9.98. The van der Waals surface area contributed by atoms with Crippen molar-refractivity contribution in [1.29, 1.82) is 0 Å². The Kier molecular flexibility index (Phi) is 4.73. The molecule has 0 unspecified atom stereocenters. The quantitative estimate of drug-likeness (QED) is 0.740. The van der Waals surface area contributed by atoms with Crippen LogP contribution in [0.5, 0.6) is 0 Å². The van der Waals surface area contributed by atoms with E-state index in [9.17, 15) is 9.59 Å². The highest BCUT2D eigenvalue weighted by molar-refractivity contribution is 5.78. The topological polar surface area (TPSA) is 60.9 Å². The van der Waals surface area contributed by atoms with Crippen molar-refractivity contribution in [3.05, 3.63) is 0 Å². The second-order valence-electron chi connectivity index (χ2n) is 4.53. The molecule has 0 aromatic rings. The molecule has 0 radical (unpaired) electrons. The van der Waals surface area contributed by atoms with E-state index in [1.807, 2.05) is 0 Å². The van der Waals surface area contributed by atoms with Crippen molar-refractivity contribution in [2.24, 2.45) is 0 Å². The summed E-state index contributed by atoms with van der Waals surface area (Å²) in [7, 11) is 3.38. The third-order valence-corrected chi connectivity index (χ3v) is 3.02. The number of likely N-dealkylation sites (N-methyl/N-ethyl adjacent to an activating group) is 1. The first-order valence-corrected chi connectivity index (χ1v) is 5.66. The molecule has 0 bridgehead atoms. The zero-order valence-corrected chi connectivity index (χ0v) is 9.98. The first kappa shape index (κ1) is 13.0. The Morgan fingerprint density at radius 1 is 1.19 bits per heavy atom. The van der Waals surface area contributed by atoms with Crippen LogP contribution < -0.4 is 0 Å². The molecule has 0 spiro atoms. The van der Waals surface area contributed by atoms with E-state index >= 15 is 0 Å². The average molecular weight is 228 g/mol. The molecular formula is C11H20N2O3. The van der Waals surface area contributed by atoms with Gasteiger partial charge in [-0.25, -0.2) is 0 Å². The largest absolute Gasteiger partial charge is 0.480 e. The van der Waals surface area contributed by atoms with Gasteiger partial charge >= 0.3 is 5.97 Å². The Morgan fingerprint density at radius 3 is 2.19 bits per heavy atom. The maximum absolute atomic E-state index is 11.6. The Morgan fingerprint density at radius 2 is 1.75 bits per heavy atom. The van der Waals surface area contributed by atoms with Gasteiger partial charge in [0.1, 0.15) is 0 Å². The summed E-state index contributed by atoms with van der Waals surface area (Å²) in [5, 5.41) is 8.83. The second kappa shape index (κ2) is 5.84. The van der Waals surface area contributed by atoms with Crippen LogP contribution in [0.25, 0.3) is 0 Å². The van der Waals surface area contributed by atoms with Gasteiger partial charge in [0, 0.05) is 20.1 Å². The summed E-state index contributed by atoms with van der Waals surface area (Å²) < 4.78 is 0. The highest BCUT2D eigenvalue weighted by Gasteiger charge is 2.26. The Hall–Kier alpha value is -1.10. The van der Waals surface area contributed by atoms with Gasteiger partial charge in [0.05, 0.1) is 13.1 Å². The molecule has 1 fully saturated rings. The summed E-state index contributed by atoms with van der Waals surface area (Å²) in [6.07, 6.45) is 4.29. The van der Waals surface area contributed by atoms with Crippen LogP contribution in [0.4, 0.5) is 0 Å². The van der Waals surface area contributed by atoms with E-state index in [-0.39, 0.29) is 25.0 Å². The number of hydrogen-bond donors (Lipinski definition) is 1. The van der Waals surface area contributed by atoms with Gasteiger partial charge < -0.3 is 10.0 Å². The van der Waals surface area contributed by atoms with Crippen molar-refractivity contribution in [1.82, 2.24) is 9.80 Å². The minimum absolute atomic E-state index is 0.0341. The van der Waals surface area contributed by atoms with Gasteiger partial charge in [-0.15, -0.1) is 0 Å². The first-order valence-electron chi connectivity index (χ1n) is 5.66. The van der Waals surface area contributed by atoms with Gasteiger partial charge in [-0.3, -0.25) is 14.5 Å². The lowest BCUT2D eigenvalue weighted by Crippen LogP contribution is -2.44. The molecule has 0 saturated heterocycles. The Balaban J connectivity index is 2.55. The number of rotatable bonds is 5. The number of aliphatic carboxylic acids is 1. The van der Waals surface area contributed by atoms with Crippen LogP contribution in [0.1, 0.15) is 25.7 Å². The molecule has 92 valence electrons. The number of carboxylic acid groups (broad SMARTS) is 1. The van der Waals surface area contributed by atoms with Gasteiger partial charge in [-0.2, -0.15) is 0 Å². The highest BCUT2D eigenvalue weighted by Crippen LogP contribution is 2.23. The van der Waals surface area contributed by atoms with Crippen molar-refractivity contribution < 1.29 is 14.7 Å². The summed E-state index contributed by atoms with van der Waals surface area (Å²) in [5.74, 6) is -0.897. The molecule has 5 nitrogen and oxygen atoms in total. The van der Waals surface area contributed by atoms with Crippen LogP contribution >= 0.6 is 0 Å². The van der Waals surface area contributed by atoms with Crippen LogP contribution in [-0.2, 0) is 9.59 Å². The van der Waals surface area contributed by atoms with E-state index in [0.717, 1.165) is 25.7 Å². The lowest BCUT2D eigenvalue weighted by Gasteiger charge is -2.27. The molecule has 0 aliphatic heterocycles. The summed E-state index contributed by atoms with van der Waals surface area (Å²) in [6, 6.07) is 0.264. The third-order valence-electron chi connectivity index (χ3n) is 3.02. The average Bonchev–Trinajstić information content (AvgIpc) is 2.68. The van der Waals surface area contributed by atoms with E-state index in [0.29, 0.717) is 0 Å². The normalized spacial score (nSPS) is 16.7. The lowest BCUT2D eigenvalue weighted by molar-refractivity contribution is -0.140. The van der Waals surface area contributed by atoms with Crippen LogP contribution in [0.15, 0.2) is 0 Å². The monoisotopic (exact) mass is 228 g/mol. The molecule has 0 aromatic heterocycles. The predicted octanol–water partition coefficient (Wildman–Crippen LogP) is 0.404. The fraction of sp³-hybridized carbons (Fsp3) is 0.818. The molecule has 5 heteroatoms. The van der Waals surface area contributed by atoms with Crippen LogP contribution in [0.3, 0.4) is 0 Å². The van der Waals surface area contributed by atoms with Crippen LogP contribution in [0.2, 0.25) is 0 Å². The molecule has 0 atom stereocenters. The van der Waals surface area contributed by atoms with Gasteiger partial charge in [-0.05, 0) is 12.8 Å². The van der Waals surface area contributed by atoms with Gasteiger partial charge in [0.2, 0.25) is 5.91 Å². The Labute approximate surface area is 96.0 Å². The van der Waals surface area contributed by atoms with Crippen molar-refractivity contribution in [2.75, 3.05) is 27.2 Å². The Bertz CT molecular complexity index is 260. The molecular weight excluding hydrogens is 208 g/mol. The molecule has 0 aromatic carbocycles. The molecule has 1 saturated carbocycles. The summed E-state index contributed by atoms with van der Waals surface area (Å²) >= 11 is 0. The van der Waals surface area contributed by atoms with Crippen LogP contribution in [-0.4, -0.2) is 60.0 Å². The van der Waals surface area contributed by atoms with Crippen LogP contribution in [0, 0.1) is 0 Å². The summed E-state index contributed by atoms with van der Waals surface area (Å²) in [5.41, 5.74) is 0. The minimum Gasteiger partial charge on any atom is -0.480 e. The number of hydrogen-bond acceptors (Lipinski definition) is 3. The standard InChI is InChI=1S/C11H20N2O3/c1-12(2)10(14)7-13(8-11(15)16)9-5-3-4-6-9/h9H,3-8H2,1-2H3,(H,15,16). The molecule has 1 amide bonds. The second-order valence-corrected chi connectivity index (χ2v) is 4.53. The van der Waals surface area contributed by atoms with E-state index in [1.165, 1.54) is 4.90 Å². The van der Waals surface area contributed by atoms with Crippen molar-refractivity contribution in [3.63, 3.8) is 0 Å². The maximum atomic E-state index is 11.6. The number of nitrogens with zero attached hydrogens (tertiary/aromatic N) is 2. The summed E-state index contributed by atoms with van der Waals surface area (Å²) in [6.45, 7) is 0.175. The zero-order chi connectivity index (χ0) is 12.1. The fourth-order valence-corrected chi connectivity index (χ4v) is 2.07. The smallest absolute Gasteiger partial charge is 0.317 e.